The van der Waals surface area contributed by atoms with Crippen molar-refractivity contribution in [3.8, 4) is 10.7 Å². The third-order valence-corrected chi connectivity index (χ3v) is 4.30. The Balaban J connectivity index is 2.10. The van der Waals surface area contributed by atoms with Crippen LogP contribution in [0.3, 0.4) is 0 Å². The predicted molar refractivity (Wildman–Crippen MR) is 94.9 cm³/mol. The minimum Gasteiger partial charge on any atom is -0.350 e. The Kier molecular flexibility index (Phi) is 5.33. The predicted octanol–water partition coefficient (Wildman–Crippen LogP) is 2.55. The summed E-state index contributed by atoms with van der Waals surface area (Å²) in [6, 6.07) is 4.92. The first-order valence-corrected chi connectivity index (χ1v) is 8.51. The number of carbonyl (C=O) groups is 2. The minimum absolute atomic E-state index is 0.219. The largest absolute Gasteiger partial charge is 0.350 e. The van der Waals surface area contributed by atoms with Crippen LogP contribution < -0.4 is 10.6 Å². The van der Waals surface area contributed by atoms with Gasteiger partial charge in [0.1, 0.15) is 15.9 Å². The van der Waals surface area contributed by atoms with Crippen molar-refractivity contribution in [1.29, 1.82) is 0 Å². The van der Waals surface area contributed by atoms with Gasteiger partial charge in [0.25, 0.3) is 5.91 Å². The van der Waals surface area contributed by atoms with Crippen LogP contribution in [0.2, 0.25) is 0 Å². The second-order valence-corrected chi connectivity index (χ2v) is 7.58. The lowest BCUT2D eigenvalue weighted by Crippen LogP contribution is -2.50. The molecule has 2 rings (SSSR count). The number of hydrogen-bond donors (Lipinski definition) is 2. The lowest BCUT2D eigenvalue weighted by Gasteiger charge is -2.23. The summed E-state index contributed by atoms with van der Waals surface area (Å²) in [6.07, 6.45) is 1.69. The highest BCUT2D eigenvalue weighted by Crippen LogP contribution is 2.26. The molecule has 2 N–H and O–H groups in total. The van der Waals surface area contributed by atoms with Crippen molar-refractivity contribution in [3.05, 3.63) is 35.0 Å². The number of rotatable bonds is 4. The van der Waals surface area contributed by atoms with E-state index in [9.17, 15) is 9.59 Å². The number of pyridine rings is 1. The number of nitrogens with one attached hydrogen (secondary N) is 2. The highest BCUT2D eigenvalue weighted by Gasteiger charge is 2.23. The third kappa shape index (κ3) is 4.61. The van der Waals surface area contributed by atoms with Gasteiger partial charge in [0, 0.05) is 11.7 Å². The van der Waals surface area contributed by atoms with Crippen LogP contribution >= 0.6 is 11.3 Å². The fraction of sp³-hybridized carbons (Fsp3) is 0.412. The van der Waals surface area contributed by atoms with Gasteiger partial charge in [0.2, 0.25) is 5.91 Å². The van der Waals surface area contributed by atoms with Crippen LogP contribution in [-0.4, -0.2) is 33.4 Å². The van der Waals surface area contributed by atoms with E-state index in [4.69, 9.17) is 0 Å². The molecular weight excluding hydrogens is 324 g/mol. The zero-order valence-electron chi connectivity index (χ0n) is 14.5. The number of carbonyl (C=O) groups excluding carboxylic acids is 2. The van der Waals surface area contributed by atoms with Crippen LogP contribution in [0.25, 0.3) is 10.7 Å². The molecule has 7 heteroatoms. The Hall–Kier alpha value is -2.28. The summed E-state index contributed by atoms with van der Waals surface area (Å²) in [5.74, 6) is -0.522. The Bertz CT molecular complexity index is 735. The molecule has 0 saturated heterocycles. The van der Waals surface area contributed by atoms with Gasteiger partial charge in [0.15, 0.2) is 0 Å². The molecule has 0 bridgehead atoms. The van der Waals surface area contributed by atoms with Crippen LogP contribution in [0, 0.1) is 6.92 Å². The van der Waals surface area contributed by atoms with E-state index in [1.54, 1.807) is 20.0 Å². The molecule has 0 saturated carbocycles. The number of aromatic nitrogens is 2. The van der Waals surface area contributed by atoms with Crippen molar-refractivity contribution < 1.29 is 9.59 Å². The molecule has 2 aromatic rings. The van der Waals surface area contributed by atoms with Gasteiger partial charge in [-0.2, -0.15) is 0 Å². The van der Waals surface area contributed by atoms with Crippen LogP contribution in [0.1, 0.15) is 43.1 Å². The first-order chi connectivity index (χ1) is 11.2. The molecule has 2 aromatic heterocycles. The van der Waals surface area contributed by atoms with Crippen molar-refractivity contribution >= 4 is 23.2 Å². The zero-order valence-corrected chi connectivity index (χ0v) is 15.3. The lowest BCUT2D eigenvalue weighted by molar-refractivity contribution is -0.124. The SMILES string of the molecule is Cc1nc(-c2ccccn2)sc1C(=O)NC(C)C(=O)NC(C)(C)C. The van der Waals surface area contributed by atoms with Gasteiger partial charge >= 0.3 is 0 Å². The zero-order chi connectivity index (χ0) is 17.9. The summed E-state index contributed by atoms with van der Waals surface area (Å²) in [5.41, 5.74) is 1.01. The summed E-state index contributed by atoms with van der Waals surface area (Å²) < 4.78 is 0. The summed E-state index contributed by atoms with van der Waals surface area (Å²) in [4.78, 5) is 33.7. The van der Waals surface area contributed by atoms with E-state index < -0.39 is 6.04 Å². The van der Waals surface area contributed by atoms with E-state index in [1.165, 1.54) is 11.3 Å². The molecule has 0 radical (unpaired) electrons. The van der Waals surface area contributed by atoms with Crippen LogP contribution in [-0.2, 0) is 4.79 Å². The van der Waals surface area contributed by atoms with Gasteiger partial charge in [-0.05, 0) is 46.8 Å². The van der Waals surface area contributed by atoms with Crippen LogP contribution in [0.5, 0.6) is 0 Å². The molecular formula is C17H22N4O2S. The van der Waals surface area contributed by atoms with E-state index >= 15 is 0 Å². The average Bonchev–Trinajstić information content (AvgIpc) is 2.88. The first kappa shape index (κ1) is 18.1. The quantitative estimate of drug-likeness (QED) is 0.891. The number of thiazole rings is 1. The monoisotopic (exact) mass is 346 g/mol. The second kappa shape index (κ2) is 7.09. The molecule has 0 aliphatic rings. The molecule has 6 nitrogen and oxygen atoms in total. The molecule has 0 aromatic carbocycles. The first-order valence-electron chi connectivity index (χ1n) is 7.69. The second-order valence-electron chi connectivity index (χ2n) is 6.58. The molecule has 128 valence electrons. The molecule has 1 unspecified atom stereocenters. The van der Waals surface area contributed by atoms with E-state index in [1.807, 2.05) is 39.0 Å². The molecule has 24 heavy (non-hydrogen) atoms. The molecule has 1 atom stereocenters. The Morgan fingerprint density at radius 3 is 2.54 bits per heavy atom. The highest BCUT2D eigenvalue weighted by molar-refractivity contribution is 7.17. The van der Waals surface area contributed by atoms with E-state index in [0.717, 1.165) is 5.69 Å². The van der Waals surface area contributed by atoms with Crippen molar-refractivity contribution in [1.82, 2.24) is 20.6 Å². The molecule has 2 amide bonds. The van der Waals surface area contributed by atoms with Gasteiger partial charge in [-0.3, -0.25) is 14.6 Å². The van der Waals surface area contributed by atoms with Gasteiger partial charge < -0.3 is 10.6 Å². The molecule has 0 fully saturated rings. The van der Waals surface area contributed by atoms with Crippen molar-refractivity contribution in [2.75, 3.05) is 0 Å². The van der Waals surface area contributed by atoms with Crippen LogP contribution in [0.4, 0.5) is 0 Å². The van der Waals surface area contributed by atoms with E-state index in [2.05, 4.69) is 20.6 Å². The standard InChI is InChI=1S/C17H22N4O2S/c1-10-13(24-16(20-10)12-8-6-7-9-18-12)15(23)19-11(2)14(22)21-17(3,4)5/h6-9,11H,1-5H3,(H,19,23)(H,21,22). The minimum atomic E-state index is -0.628. The van der Waals surface area contributed by atoms with E-state index in [0.29, 0.717) is 15.6 Å². The number of amides is 2. The topological polar surface area (TPSA) is 84.0 Å². The molecule has 2 heterocycles. The normalized spacial score (nSPS) is 12.5. The number of nitrogens with zero attached hydrogens (tertiary/aromatic N) is 2. The van der Waals surface area contributed by atoms with Crippen molar-refractivity contribution in [2.24, 2.45) is 0 Å². The number of aryl methyl sites for hydroxylation is 1. The average molecular weight is 346 g/mol. The van der Waals surface area contributed by atoms with Gasteiger partial charge in [-0.25, -0.2) is 4.98 Å². The fourth-order valence-electron chi connectivity index (χ4n) is 2.01. The number of hydrogen-bond acceptors (Lipinski definition) is 5. The van der Waals surface area contributed by atoms with Crippen molar-refractivity contribution in [2.45, 2.75) is 46.2 Å². The summed E-state index contributed by atoms with van der Waals surface area (Å²) >= 11 is 1.27. The third-order valence-electron chi connectivity index (χ3n) is 3.13. The maximum Gasteiger partial charge on any atom is 0.263 e. The van der Waals surface area contributed by atoms with Crippen molar-refractivity contribution in [3.63, 3.8) is 0 Å². The summed E-state index contributed by atoms with van der Waals surface area (Å²) in [5, 5.41) is 6.25. The van der Waals surface area contributed by atoms with Gasteiger partial charge in [-0.1, -0.05) is 6.07 Å². The Labute approximate surface area is 145 Å². The van der Waals surface area contributed by atoms with Crippen LogP contribution in [0.15, 0.2) is 24.4 Å². The van der Waals surface area contributed by atoms with Gasteiger partial charge in [0.05, 0.1) is 11.4 Å². The highest BCUT2D eigenvalue weighted by atomic mass is 32.1. The Morgan fingerprint density at radius 1 is 1.25 bits per heavy atom. The lowest BCUT2D eigenvalue weighted by atomic mass is 10.1. The summed E-state index contributed by atoms with van der Waals surface area (Å²) in [7, 11) is 0. The maximum atomic E-state index is 12.4. The molecule has 0 aliphatic heterocycles. The smallest absolute Gasteiger partial charge is 0.263 e. The van der Waals surface area contributed by atoms with E-state index in [-0.39, 0.29) is 17.4 Å². The Morgan fingerprint density at radius 2 is 1.96 bits per heavy atom. The molecule has 0 spiro atoms. The fourth-order valence-corrected chi connectivity index (χ4v) is 2.96. The summed E-state index contributed by atoms with van der Waals surface area (Å²) in [6.45, 7) is 9.12. The maximum absolute atomic E-state index is 12.4. The van der Waals surface area contributed by atoms with Gasteiger partial charge in [-0.15, -0.1) is 11.3 Å². The molecule has 0 aliphatic carbocycles.